The number of ether oxygens (including phenoxy) is 2. The van der Waals surface area contributed by atoms with Crippen LogP contribution in [0.3, 0.4) is 0 Å². The number of piperidine rings is 2. The van der Waals surface area contributed by atoms with Crippen LogP contribution >= 0.6 is 0 Å². The molecule has 0 N–H and O–H groups in total. The molecule has 0 spiro atoms. The fraction of sp³-hybridized carbons (Fsp3) is 0.750. The van der Waals surface area contributed by atoms with E-state index in [2.05, 4.69) is 47.9 Å². The van der Waals surface area contributed by atoms with Crippen LogP contribution < -0.4 is 4.74 Å². The van der Waals surface area contributed by atoms with Crippen LogP contribution in [-0.2, 0) is 11.3 Å². The average Bonchev–Trinajstić information content (AvgIpc) is 3.14. The molecule has 156 valence electrons. The molecule has 2 saturated heterocycles. The maximum Gasteiger partial charge on any atom is 0.119 e. The van der Waals surface area contributed by atoms with Gasteiger partial charge in [-0.3, -0.25) is 4.90 Å². The third-order valence-corrected chi connectivity index (χ3v) is 6.67. The molecular formula is C24H38N2O2. The quantitative estimate of drug-likeness (QED) is 0.567. The van der Waals surface area contributed by atoms with Crippen LogP contribution in [0.5, 0.6) is 5.75 Å². The molecule has 2 heterocycles. The number of hydrogen-bond donors (Lipinski definition) is 0. The Bertz CT molecular complexity index is 585. The Morgan fingerprint density at radius 2 is 1.68 bits per heavy atom. The summed E-state index contributed by atoms with van der Waals surface area (Å²) in [7, 11) is 0. The lowest BCUT2D eigenvalue weighted by molar-refractivity contribution is 0.0967. The fourth-order valence-electron chi connectivity index (χ4n) is 5.11. The van der Waals surface area contributed by atoms with Gasteiger partial charge < -0.3 is 14.4 Å². The number of rotatable bonds is 10. The summed E-state index contributed by atoms with van der Waals surface area (Å²) >= 11 is 0. The van der Waals surface area contributed by atoms with Crippen LogP contribution in [0.25, 0.3) is 0 Å². The van der Waals surface area contributed by atoms with Gasteiger partial charge in [0.1, 0.15) is 5.75 Å². The number of nitrogens with zero attached hydrogens (tertiary/aromatic N) is 2. The first-order valence-electron chi connectivity index (χ1n) is 11.5. The minimum atomic E-state index is 0.237. The number of hydrogen-bond acceptors (Lipinski definition) is 4. The highest BCUT2D eigenvalue weighted by molar-refractivity contribution is 5.27. The zero-order valence-electron chi connectivity index (χ0n) is 17.8. The van der Waals surface area contributed by atoms with E-state index >= 15 is 0 Å². The normalized spacial score (nSPS) is 27.9. The van der Waals surface area contributed by atoms with Crippen LogP contribution in [0.15, 0.2) is 24.3 Å². The van der Waals surface area contributed by atoms with Crippen molar-refractivity contribution in [3.05, 3.63) is 29.8 Å². The predicted molar refractivity (Wildman–Crippen MR) is 114 cm³/mol. The van der Waals surface area contributed by atoms with Crippen LogP contribution in [0.4, 0.5) is 0 Å². The molecule has 1 aliphatic carbocycles. The minimum Gasteiger partial charge on any atom is -0.491 e. The molecule has 1 saturated carbocycles. The lowest BCUT2D eigenvalue weighted by atomic mass is 10.1. The molecule has 3 aliphatic rings. The van der Waals surface area contributed by atoms with E-state index in [1.165, 1.54) is 64.0 Å². The Morgan fingerprint density at radius 3 is 2.36 bits per heavy atom. The highest BCUT2D eigenvalue weighted by atomic mass is 16.5. The Kier molecular flexibility index (Phi) is 6.92. The van der Waals surface area contributed by atoms with Crippen molar-refractivity contribution in [2.45, 2.75) is 52.2 Å². The second kappa shape index (κ2) is 9.60. The molecule has 28 heavy (non-hydrogen) atoms. The summed E-state index contributed by atoms with van der Waals surface area (Å²) in [6.45, 7) is 13.5. The van der Waals surface area contributed by atoms with E-state index in [0.717, 1.165) is 43.3 Å². The van der Waals surface area contributed by atoms with E-state index in [1.54, 1.807) is 0 Å². The van der Waals surface area contributed by atoms with Crippen molar-refractivity contribution in [2.24, 2.45) is 17.8 Å². The largest absolute Gasteiger partial charge is 0.491 e. The summed E-state index contributed by atoms with van der Waals surface area (Å²) in [5.74, 6) is 3.56. The Morgan fingerprint density at radius 1 is 0.964 bits per heavy atom. The van der Waals surface area contributed by atoms with E-state index in [0.29, 0.717) is 0 Å². The Hall–Kier alpha value is -1.10. The molecule has 0 amide bonds. The van der Waals surface area contributed by atoms with Crippen LogP contribution in [-0.4, -0.2) is 61.8 Å². The van der Waals surface area contributed by atoms with Gasteiger partial charge in [-0.1, -0.05) is 18.6 Å². The first-order valence-corrected chi connectivity index (χ1v) is 11.5. The SMILES string of the molecule is CC(C)Oc1ccc(CN2C[C@@H]3[C@H](COCCCN4CCCCC4)[C@@H]3C2)cc1. The molecule has 3 fully saturated rings. The molecule has 0 radical (unpaired) electrons. The maximum atomic E-state index is 6.02. The molecule has 4 nitrogen and oxygen atoms in total. The van der Waals surface area contributed by atoms with Gasteiger partial charge in [-0.15, -0.1) is 0 Å². The van der Waals surface area contributed by atoms with Gasteiger partial charge >= 0.3 is 0 Å². The van der Waals surface area contributed by atoms with Crippen molar-refractivity contribution in [2.75, 3.05) is 45.9 Å². The highest BCUT2D eigenvalue weighted by Gasteiger charge is 2.55. The summed E-state index contributed by atoms with van der Waals surface area (Å²) in [6, 6.07) is 8.63. The summed E-state index contributed by atoms with van der Waals surface area (Å²) < 4.78 is 11.8. The van der Waals surface area contributed by atoms with Crippen LogP contribution in [0.2, 0.25) is 0 Å². The Balaban J connectivity index is 1.08. The van der Waals surface area contributed by atoms with Crippen molar-refractivity contribution >= 4 is 0 Å². The average molecular weight is 387 g/mol. The predicted octanol–water partition coefficient (Wildman–Crippen LogP) is 4.04. The maximum absolute atomic E-state index is 6.02. The van der Waals surface area contributed by atoms with Gasteiger partial charge in [-0.25, -0.2) is 0 Å². The smallest absolute Gasteiger partial charge is 0.119 e. The van der Waals surface area contributed by atoms with E-state index < -0.39 is 0 Å². The molecule has 4 heteroatoms. The van der Waals surface area contributed by atoms with Crippen molar-refractivity contribution in [3.63, 3.8) is 0 Å². The molecule has 0 bridgehead atoms. The molecule has 1 aromatic rings. The minimum absolute atomic E-state index is 0.237. The number of fused-ring (bicyclic) bond motifs is 1. The summed E-state index contributed by atoms with van der Waals surface area (Å²) in [5, 5.41) is 0. The van der Waals surface area contributed by atoms with Gasteiger partial charge in [0.05, 0.1) is 12.7 Å². The van der Waals surface area contributed by atoms with Gasteiger partial charge in [-0.2, -0.15) is 0 Å². The second-order valence-electron chi connectivity index (χ2n) is 9.33. The Labute approximate surface area is 171 Å². The molecule has 3 atom stereocenters. The molecule has 0 aromatic heterocycles. The number of likely N-dealkylation sites (tertiary alicyclic amines) is 2. The van der Waals surface area contributed by atoms with Crippen LogP contribution in [0.1, 0.15) is 45.1 Å². The van der Waals surface area contributed by atoms with Gasteiger partial charge in [0.25, 0.3) is 0 Å². The molecular weight excluding hydrogens is 348 g/mol. The summed E-state index contributed by atoms with van der Waals surface area (Å²) in [5.41, 5.74) is 1.39. The topological polar surface area (TPSA) is 24.9 Å². The van der Waals surface area contributed by atoms with Crippen molar-refractivity contribution < 1.29 is 9.47 Å². The van der Waals surface area contributed by atoms with Gasteiger partial charge in [0.2, 0.25) is 0 Å². The monoisotopic (exact) mass is 386 g/mol. The highest BCUT2D eigenvalue weighted by Crippen LogP contribution is 2.52. The third-order valence-electron chi connectivity index (χ3n) is 6.67. The third kappa shape index (κ3) is 5.49. The van der Waals surface area contributed by atoms with Crippen molar-refractivity contribution in [3.8, 4) is 5.75 Å². The molecule has 0 unspecified atom stereocenters. The zero-order chi connectivity index (χ0) is 19.3. The number of benzene rings is 1. The lowest BCUT2D eigenvalue weighted by Crippen LogP contribution is -2.31. The lowest BCUT2D eigenvalue weighted by Gasteiger charge is -2.26. The summed E-state index contributed by atoms with van der Waals surface area (Å²) in [6.07, 6.45) is 5.63. The second-order valence-corrected chi connectivity index (χ2v) is 9.33. The van der Waals surface area contributed by atoms with Crippen LogP contribution in [0, 0.1) is 17.8 Å². The van der Waals surface area contributed by atoms with Gasteiger partial charge in [-0.05, 0) is 81.6 Å². The van der Waals surface area contributed by atoms with Gasteiger partial charge in [0, 0.05) is 32.8 Å². The van der Waals surface area contributed by atoms with E-state index in [-0.39, 0.29) is 6.10 Å². The van der Waals surface area contributed by atoms with E-state index in [4.69, 9.17) is 9.47 Å². The van der Waals surface area contributed by atoms with Crippen molar-refractivity contribution in [1.82, 2.24) is 9.80 Å². The fourth-order valence-corrected chi connectivity index (χ4v) is 5.11. The molecule has 4 rings (SSSR count). The first-order chi connectivity index (χ1) is 13.7. The standard InChI is InChI=1S/C24H38N2O2/c1-19(2)28-21-9-7-20(8-10-21)15-26-16-22-23(17-26)24(22)18-27-14-6-13-25-11-4-3-5-12-25/h7-10,19,22-24H,3-6,11-18H2,1-2H3/t22-,23+,24-. The van der Waals surface area contributed by atoms with Gasteiger partial charge in [0.15, 0.2) is 0 Å². The first kappa shape index (κ1) is 20.2. The summed E-state index contributed by atoms with van der Waals surface area (Å²) in [4.78, 5) is 5.22. The molecule has 1 aromatic carbocycles. The van der Waals surface area contributed by atoms with Crippen molar-refractivity contribution in [1.29, 1.82) is 0 Å². The van der Waals surface area contributed by atoms with E-state index in [9.17, 15) is 0 Å². The zero-order valence-corrected chi connectivity index (χ0v) is 17.8. The van der Waals surface area contributed by atoms with E-state index in [1.807, 2.05) is 0 Å². The molecule has 2 aliphatic heterocycles.